The van der Waals surface area contributed by atoms with E-state index in [9.17, 15) is 22.8 Å². The van der Waals surface area contributed by atoms with E-state index in [0.717, 1.165) is 25.1 Å². The maximum Gasteiger partial charge on any atom is 0.416 e. The molecule has 3 aromatic rings. The van der Waals surface area contributed by atoms with Crippen LogP contribution in [0.15, 0.2) is 78.9 Å². The Bertz CT molecular complexity index is 1230. The molecule has 1 amide bonds. The molecule has 0 radical (unpaired) electrons. The first-order valence-corrected chi connectivity index (χ1v) is 12.8. The minimum absolute atomic E-state index is 0.0286. The number of ketones is 1. The summed E-state index contributed by atoms with van der Waals surface area (Å²) in [6.07, 6.45) is -2.44. The molecule has 0 saturated carbocycles. The summed E-state index contributed by atoms with van der Waals surface area (Å²) in [6, 6.07) is 23.1. The summed E-state index contributed by atoms with van der Waals surface area (Å²) in [6.45, 7) is 1.62. The number of nitrogens with zero attached hydrogens (tertiary/aromatic N) is 1. The van der Waals surface area contributed by atoms with Crippen molar-refractivity contribution >= 4 is 11.7 Å². The summed E-state index contributed by atoms with van der Waals surface area (Å²) < 4.78 is 38.8. The SMILES string of the molecule is NCC1CC(C(=O)CNC(=O)c2cccc(C(F)(F)F)c2)CCN1Cc1ccc(Cc2ccccc2)cc1. The van der Waals surface area contributed by atoms with E-state index in [2.05, 4.69) is 46.6 Å². The number of likely N-dealkylation sites (tertiary alicyclic amines) is 1. The number of alkyl halides is 3. The molecule has 38 heavy (non-hydrogen) atoms. The maximum absolute atomic E-state index is 12.9. The standard InChI is InChI=1S/C30H32F3N3O2/c31-30(32,33)26-8-4-7-25(16-26)29(38)35-19-28(37)24-13-14-36(27(17-24)18-34)20-23-11-9-22(10-12-23)15-21-5-2-1-3-6-21/h1-12,16,24,27H,13-15,17-20,34H2,(H,35,38). The van der Waals surface area contributed by atoms with Gasteiger partial charge in [-0.25, -0.2) is 0 Å². The second-order valence-electron chi connectivity index (χ2n) is 9.79. The number of nitrogens with one attached hydrogen (secondary N) is 1. The Hall–Kier alpha value is -3.49. The zero-order valence-corrected chi connectivity index (χ0v) is 21.1. The number of Topliss-reactive ketones (excluding diaryl/α,β-unsaturated/α-hetero) is 1. The third kappa shape index (κ3) is 7.30. The summed E-state index contributed by atoms with van der Waals surface area (Å²) in [5.41, 5.74) is 8.71. The Labute approximate surface area is 220 Å². The van der Waals surface area contributed by atoms with Crippen LogP contribution in [0.25, 0.3) is 0 Å². The van der Waals surface area contributed by atoms with Crippen LogP contribution in [0.1, 0.15) is 45.5 Å². The van der Waals surface area contributed by atoms with Gasteiger partial charge in [-0.3, -0.25) is 14.5 Å². The second kappa shape index (κ2) is 12.4. The molecule has 1 heterocycles. The summed E-state index contributed by atoms with van der Waals surface area (Å²) in [7, 11) is 0. The van der Waals surface area contributed by atoms with E-state index in [0.29, 0.717) is 25.9 Å². The van der Waals surface area contributed by atoms with Crippen molar-refractivity contribution in [3.05, 3.63) is 107 Å². The van der Waals surface area contributed by atoms with Crippen LogP contribution < -0.4 is 11.1 Å². The highest BCUT2D eigenvalue weighted by Gasteiger charge is 2.32. The number of rotatable bonds is 9. The Balaban J connectivity index is 1.28. The first kappa shape index (κ1) is 27.5. The monoisotopic (exact) mass is 523 g/mol. The number of amides is 1. The van der Waals surface area contributed by atoms with Gasteiger partial charge in [-0.15, -0.1) is 0 Å². The van der Waals surface area contributed by atoms with E-state index in [4.69, 9.17) is 5.73 Å². The van der Waals surface area contributed by atoms with Crippen molar-refractivity contribution in [2.45, 2.75) is 38.0 Å². The molecule has 1 saturated heterocycles. The number of halogens is 3. The lowest BCUT2D eigenvalue weighted by atomic mass is 9.87. The van der Waals surface area contributed by atoms with Crippen LogP contribution in [0.5, 0.6) is 0 Å². The van der Waals surface area contributed by atoms with Crippen molar-refractivity contribution in [1.82, 2.24) is 10.2 Å². The second-order valence-corrected chi connectivity index (χ2v) is 9.79. The Morgan fingerprint density at radius 1 is 0.921 bits per heavy atom. The van der Waals surface area contributed by atoms with Gasteiger partial charge in [0.1, 0.15) is 0 Å². The molecule has 0 aromatic heterocycles. The smallest absolute Gasteiger partial charge is 0.345 e. The third-order valence-corrected chi connectivity index (χ3v) is 7.10. The number of benzene rings is 3. The molecule has 4 rings (SSSR count). The summed E-state index contributed by atoms with van der Waals surface area (Å²) in [4.78, 5) is 27.5. The van der Waals surface area contributed by atoms with E-state index in [-0.39, 0.29) is 29.9 Å². The van der Waals surface area contributed by atoms with Crippen LogP contribution in [0.3, 0.4) is 0 Å². The fraction of sp³-hybridized carbons (Fsp3) is 0.333. The Morgan fingerprint density at radius 2 is 1.61 bits per heavy atom. The molecule has 1 fully saturated rings. The molecule has 1 aliphatic rings. The average molecular weight is 524 g/mol. The zero-order valence-electron chi connectivity index (χ0n) is 21.1. The number of nitrogens with two attached hydrogens (primary N) is 1. The zero-order chi connectivity index (χ0) is 27.1. The van der Waals surface area contributed by atoms with Crippen LogP contribution >= 0.6 is 0 Å². The molecule has 0 bridgehead atoms. The summed E-state index contributed by atoms with van der Waals surface area (Å²) in [5.74, 6) is -1.09. The van der Waals surface area contributed by atoms with Gasteiger partial charge < -0.3 is 11.1 Å². The lowest BCUT2D eigenvalue weighted by Crippen LogP contribution is -2.48. The van der Waals surface area contributed by atoms with Crippen molar-refractivity contribution in [3.8, 4) is 0 Å². The van der Waals surface area contributed by atoms with Crippen molar-refractivity contribution in [1.29, 1.82) is 0 Å². The van der Waals surface area contributed by atoms with Crippen LogP contribution in [0, 0.1) is 5.92 Å². The molecular weight excluding hydrogens is 491 g/mol. The Kier molecular flexibility index (Phi) is 8.97. The van der Waals surface area contributed by atoms with Crippen LogP contribution in [-0.2, 0) is 23.9 Å². The number of hydrogen-bond acceptors (Lipinski definition) is 4. The summed E-state index contributed by atoms with van der Waals surface area (Å²) in [5, 5.41) is 2.48. The highest BCUT2D eigenvalue weighted by Crippen LogP contribution is 2.29. The predicted molar refractivity (Wildman–Crippen MR) is 140 cm³/mol. The van der Waals surface area contributed by atoms with E-state index in [1.165, 1.54) is 28.8 Å². The molecule has 3 N–H and O–H groups in total. The molecule has 0 aliphatic carbocycles. The molecule has 2 unspecified atom stereocenters. The quantitative estimate of drug-likeness (QED) is 0.421. The topological polar surface area (TPSA) is 75.4 Å². The molecule has 200 valence electrons. The van der Waals surface area contributed by atoms with E-state index in [1.54, 1.807) is 0 Å². The third-order valence-electron chi connectivity index (χ3n) is 7.10. The fourth-order valence-electron chi connectivity index (χ4n) is 4.92. The first-order valence-electron chi connectivity index (χ1n) is 12.8. The van der Waals surface area contributed by atoms with Crippen LogP contribution in [0.4, 0.5) is 13.2 Å². The maximum atomic E-state index is 12.9. The lowest BCUT2D eigenvalue weighted by Gasteiger charge is -2.38. The van der Waals surface area contributed by atoms with Crippen LogP contribution in [0.2, 0.25) is 0 Å². The van der Waals surface area contributed by atoms with Gasteiger partial charge in [0.15, 0.2) is 5.78 Å². The van der Waals surface area contributed by atoms with Gasteiger partial charge in [-0.05, 0) is 60.7 Å². The number of carbonyl (C=O) groups is 2. The van der Waals surface area contributed by atoms with Gasteiger partial charge in [0.25, 0.3) is 5.91 Å². The van der Waals surface area contributed by atoms with E-state index in [1.807, 2.05) is 18.2 Å². The first-order chi connectivity index (χ1) is 18.2. The Morgan fingerprint density at radius 3 is 2.29 bits per heavy atom. The van der Waals surface area contributed by atoms with Gasteiger partial charge in [0.05, 0.1) is 12.1 Å². The lowest BCUT2D eigenvalue weighted by molar-refractivity contribution is -0.137. The van der Waals surface area contributed by atoms with Gasteiger partial charge in [-0.1, -0.05) is 60.7 Å². The molecule has 8 heteroatoms. The van der Waals surface area contributed by atoms with Gasteiger partial charge in [-0.2, -0.15) is 13.2 Å². The molecule has 2 atom stereocenters. The van der Waals surface area contributed by atoms with Gasteiger partial charge >= 0.3 is 6.18 Å². The number of carbonyl (C=O) groups excluding carboxylic acids is 2. The molecule has 1 aliphatic heterocycles. The average Bonchev–Trinajstić information content (AvgIpc) is 2.93. The fourth-order valence-corrected chi connectivity index (χ4v) is 4.92. The van der Waals surface area contributed by atoms with Crippen molar-refractivity contribution in [2.24, 2.45) is 11.7 Å². The normalized spacial score (nSPS) is 18.2. The van der Waals surface area contributed by atoms with E-state index < -0.39 is 17.6 Å². The molecule has 3 aromatic carbocycles. The van der Waals surface area contributed by atoms with Crippen LogP contribution in [-0.4, -0.2) is 42.3 Å². The van der Waals surface area contributed by atoms with E-state index >= 15 is 0 Å². The molecule has 0 spiro atoms. The minimum atomic E-state index is -4.54. The predicted octanol–water partition coefficient (Wildman–Crippen LogP) is 4.83. The van der Waals surface area contributed by atoms with Gasteiger partial charge in [0, 0.05) is 30.6 Å². The molecular formula is C30H32F3N3O2. The largest absolute Gasteiger partial charge is 0.416 e. The highest BCUT2D eigenvalue weighted by atomic mass is 19.4. The highest BCUT2D eigenvalue weighted by molar-refractivity contribution is 5.97. The van der Waals surface area contributed by atoms with Gasteiger partial charge in [0.2, 0.25) is 0 Å². The molecule has 5 nitrogen and oxygen atoms in total. The van der Waals surface area contributed by atoms with Crippen molar-refractivity contribution < 1.29 is 22.8 Å². The summed E-state index contributed by atoms with van der Waals surface area (Å²) >= 11 is 0. The van der Waals surface area contributed by atoms with Crippen molar-refractivity contribution in [2.75, 3.05) is 19.6 Å². The number of piperidine rings is 1. The number of hydrogen-bond donors (Lipinski definition) is 2. The minimum Gasteiger partial charge on any atom is -0.345 e. The van der Waals surface area contributed by atoms with Crippen molar-refractivity contribution in [3.63, 3.8) is 0 Å².